The van der Waals surface area contributed by atoms with Crippen LogP contribution in [0.2, 0.25) is 0 Å². The minimum absolute atomic E-state index is 0.0148. The van der Waals surface area contributed by atoms with Crippen LogP contribution in [-0.2, 0) is 38.4 Å². The quantitative estimate of drug-likeness (QED) is 0.0769. The number of nitro benzene ring substituents is 1. The summed E-state index contributed by atoms with van der Waals surface area (Å²) in [6.45, 7) is 3.72. The number of nitrogens with zero attached hydrogens (tertiary/aromatic N) is 2. The molecular formula is C34H38N6O10. The molecule has 0 radical (unpaired) electrons. The Kier molecular flexibility index (Phi) is 13.9. The van der Waals surface area contributed by atoms with Gasteiger partial charge in [0.05, 0.1) is 16.3 Å². The Bertz CT molecular complexity index is 1710. The first kappa shape index (κ1) is 38.1. The topological polar surface area (TPSA) is 243 Å². The minimum Gasteiger partial charge on any atom is -0.481 e. The fraction of sp³-hybridized carbons (Fsp3) is 0.294. The van der Waals surface area contributed by atoms with Crippen molar-refractivity contribution in [3.8, 4) is 0 Å². The number of nitro groups is 2. The van der Waals surface area contributed by atoms with Gasteiger partial charge in [-0.25, -0.2) is 4.79 Å². The summed E-state index contributed by atoms with van der Waals surface area (Å²) in [6, 6.07) is 16.2. The van der Waals surface area contributed by atoms with Gasteiger partial charge in [0.2, 0.25) is 11.8 Å². The van der Waals surface area contributed by atoms with Crippen molar-refractivity contribution in [3.05, 3.63) is 122 Å². The number of hydrogen-bond donors (Lipinski definition) is 6. The van der Waals surface area contributed by atoms with Crippen LogP contribution in [0.5, 0.6) is 0 Å². The maximum atomic E-state index is 13.2. The summed E-state index contributed by atoms with van der Waals surface area (Å²) >= 11 is 0. The van der Waals surface area contributed by atoms with E-state index in [2.05, 4.69) is 21.3 Å². The number of aryl methyl sites for hydroxylation is 1. The van der Waals surface area contributed by atoms with E-state index in [-0.39, 0.29) is 43.1 Å². The first-order valence-electron chi connectivity index (χ1n) is 15.5. The van der Waals surface area contributed by atoms with Crippen LogP contribution in [0.3, 0.4) is 0 Å². The Morgan fingerprint density at radius 3 is 1.80 bits per heavy atom. The molecule has 50 heavy (non-hydrogen) atoms. The van der Waals surface area contributed by atoms with Gasteiger partial charge in [-0.3, -0.25) is 34.6 Å². The summed E-state index contributed by atoms with van der Waals surface area (Å²) in [7, 11) is 0. The van der Waals surface area contributed by atoms with Gasteiger partial charge in [0.25, 0.3) is 11.9 Å². The van der Waals surface area contributed by atoms with Gasteiger partial charge in [0.1, 0.15) is 12.1 Å². The van der Waals surface area contributed by atoms with Crippen molar-refractivity contribution in [2.75, 3.05) is 10.6 Å². The molecule has 3 rings (SSSR count). The monoisotopic (exact) mass is 690 g/mol. The molecule has 264 valence electrons. The Balaban J connectivity index is 1.61. The number of non-ortho nitro benzene ring substituents is 1. The molecule has 0 fully saturated rings. The summed E-state index contributed by atoms with van der Waals surface area (Å²) in [6.07, 6.45) is 1.10. The largest absolute Gasteiger partial charge is 0.481 e. The van der Waals surface area contributed by atoms with Crippen molar-refractivity contribution >= 4 is 40.8 Å². The van der Waals surface area contributed by atoms with E-state index in [1.54, 1.807) is 48.5 Å². The lowest BCUT2D eigenvalue weighted by Crippen LogP contribution is -2.52. The predicted octanol–water partition coefficient (Wildman–Crippen LogP) is 4.10. The zero-order valence-electron chi connectivity index (χ0n) is 27.3. The second kappa shape index (κ2) is 18.3. The number of carboxylic acids is 2. The number of aliphatic carboxylic acids is 2. The summed E-state index contributed by atoms with van der Waals surface area (Å²) < 4.78 is 0. The molecule has 3 aromatic carbocycles. The molecular weight excluding hydrogens is 652 g/mol. The maximum absolute atomic E-state index is 13.2. The normalized spacial score (nSPS) is 12.3. The number of carbonyl (C=O) groups excluding carboxylic acids is 2. The first-order chi connectivity index (χ1) is 23.7. The lowest BCUT2D eigenvalue weighted by molar-refractivity contribution is -0.403. The highest BCUT2D eigenvalue weighted by molar-refractivity contribution is 5.91. The smallest absolute Gasteiger partial charge is 0.326 e. The summed E-state index contributed by atoms with van der Waals surface area (Å²) in [5.41, 5.74) is 2.63. The van der Waals surface area contributed by atoms with Gasteiger partial charge in [-0.2, -0.15) is 0 Å². The number of carbonyl (C=O) groups is 4. The molecule has 0 aliphatic rings. The van der Waals surface area contributed by atoms with E-state index >= 15 is 0 Å². The fourth-order valence-corrected chi connectivity index (χ4v) is 4.82. The SMILES string of the molecule is CC(C)CC(NC(=O)Cc1ccc(NC(=C[N+](=O)[O-])Nc2ccc([N+](=O)[O-])cc2)cc1)C(=O)NC(Cc1ccc(CCC(=O)O)cc1)C(=O)O. The van der Waals surface area contributed by atoms with Crippen LogP contribution in [0.25, 0.3) is 0 Å². The molecule has 6 N–H and O–H groups in total. The van der Waals surface area contributed by atoms with Crippen LogP contribution in [0.1, 0.15) is 43.4 Å². The van der Waals surface area contributed by atoms with Crippen LogP contribution in [0.15, 0.2) is 84.8 Å². The van der Waals surface area contributed by atoms with E-state index in [1.807, 2.05) is 13.8 Å². The lowest BCUT2D eigenvalue weighted by Gasteiger charge is -2.23. The van der Waals surface area contributed by atoms with Gasteiger partial charge in [-0.15, -0.1) is 0 Å². The first-order valence-corrected chi connectivity index (χ1v) is 15.5. The van der Waals surface area contributed by atoms with E-state index in [0.717, 1.165) is 5.56 Å². The number of carboxylic acid groups (broad SMARTS) is 2. The van der Waals surface area contributed by atoms with Crippen molar-refractivity contribution in [1.82, 2.24) is 10.6 Å². The van der Waals surface area contributed by atoms with Crippen molar-refractivity contribution < 1.29 is 39.2 Å². The lowest BCUT2D eigenvalue weighted by atomic mass is 10.00. The summed E-state index contributed by atoms with van der Waals surface area (Å²) in [5.74, 6) is -3.35. The Morgan fingerprint density at radius 1 is 0.760 bits per heavy atom. The molecule has 0 saturated heterocycles. The molecule has 0 aliphatic heterocycles. The predicted molar refractivity (Wildman–Crippen MR) is 183 cm³/mol. The van der Waals surface area contributed by atoms with E-state index in [1.165, 1.54) is 24.3 Å². The molecule has 0 aromatic heterocycles. The third-order valence-electron chi connectivity index (χ3n) is 7.25. The van der Waals surface area contributed by atoms with Crippen LogP contribution >= 0.6 is 0 Å². The number of anilines is 2. The summed E-state index contributed by atoms with van der Waals surface area (Å²) in [4.78, 5) is 69.9. The molecule has 0 aliphatic carbocycles. The molecule has 0 spiro atoms. The van der Waals surface area contributed by atoms with Gasteiger partial charge in [0.15, 0.2) is 5.82 Å². The number of hydrogen-bond acceptors (Lipinski definition) is 10. The average Bonchev–Trinajstić information content (AvgIpc) is 3.04. The molecule has 0 bridgehead atoms. The van der Waals surface area contributed by atoms with Crippen LogP contribution < -0.4 is 21.3 Å². The zero-order chi connectivity index (χ0) is 36.8. The van der Waals surface area contributed by atoms with Gasteiger partial charge >= 0.3 is 11.9 Å². The Labute approximate surface area is 286 Å². The van der Waals surface area contributed by atoms with Gasteiger partial charge < -0.3 is 31.5 Å². The van der Waals surface area contributed by atoms with Crippen LogP contribution in [0, 0.1) is 26.1 Å². The fourth-order valence-electron chi connectivity index (χ4n) is 4.82. The molecule has 16 nitrogen and oxygen atoms in total. The van der Waals surface area contributed by atoms with Crippen molar-refractivity contribution in [2.45, 2.75) is 58.0 Å². The molecule has 16 heteroatoms. The van der Waals surface area contributed by atoms with E-state index in [9.17, 15) is 44.5 Å². The highest BCUT2D eigenvalue weighted by Gasteiger charge is 2.27. The van der Waals surface area contributed by atoms with E-state index < -0.39 is 45.7 Å². The highest BCUT2D eigenvalue weighted by Crippen LogP contribution is 2.19. The molecule has 3 aromatic rings. The average molecular weight is 691 g/mol. The van der Waals surface area contributed by atoms with Gasteiger partial charge in [0, 0.05) is 36.3 Å². The van der Waals surface area contributed by atoms with Crippen molar-refractivity contribution in [3.63, 3.8) is 0 Å². The standard InChI is InChI=1S/C34H38N6O10/c1-21(2)17-28(33(44)38-29(34(45)46)18-23-5-3-22(4-6-23)9-16-32(42)43)37-31(41)19-24-7-10-25(11-8-24)35-30(20-39(47)48)36-26-12-14-27(15-13-26)40(49)50/h3-8,10-15,20-21,28-29,35-36H,9,16-19H2,1-2H3,(H,37,41)(H,38,44)(H,42,43)(H,45,46). The molecule has 0 heterocycles. The Morgan fingerprint density at radius 2 is 1.30 bits per heavy atom. The third-order valence-corrected chi connectivity index (χ3v) is 7.25. The highest BCUT2D eigenvalue weighted by atomic mass is 16.6. The maximum Gasteiger partial charge on any atom is 0.326 e. The third kappa shape index (κ3) is 13.1. The van der Waals surface area contributed by atoms with Gasteiger partial charge in [-0.05, 0) is 59.7 Å². The number of benzene rings is 3. The van der Waals surface area contributed by atoms with Crippen molar-refractivity contribution in [2.24, 2.45) is 5.92 Å². The molecule has 0 saturated carbocycles. The second-order valence-electron chi connectivity index (χ2n) is 11.8. The number of amides is 2. The number of rotatable bonds is 19. The molecule has 2 atom stereocenters. The van der Waals surface area contributed by atoms with Crippen molar-refractivity contribution in [1.29, 1.82) is 0 Å². The second-order valence-corrected chi connectivity index (χ2v) is 11.8. The summed E-state index contributed by atoms with van der Waals surface area (Å²) in [5, 5.41) is 51.6. The molecule has 2 unspecified atom stereocenters. The van der Waals surface area contributed by atoms with Crippen LogP contribution in [0.4, 0.5) is 17.1 Å². The molecule has 2 amide bonds. The minimum atomic E-state index is -1.27. The van der Waals surface area contributed by atoms with E-state index in [0.29, 0.717) is 35.1 Å². The van der Waals surface area contributed by atoms with E-state index in [4.69, 9.17) is 5.11 Å². The zero-order valence-corrected chi connectivity index (χ0v) is 27.3. The van der Waals surface area contributed by atoms with Crippen LogP contribution in [-0.4, -0.2) is 55.9 Å². The van der Waals surface area contributed by atoms with Gasteiger partial charge in [-0.1, -0.05) is 50.2 Å². The number of nitrogens with one attached hydrogen (secondary N) is 4. The Hall–Kier alpha value is -6.32.